The number of nitro benzene ring substituents is 1. The van der Waals surface area contributed by atoms with Gasteiger partial charge in [-0.3, -0.25) is 10.1 Å². The second-order valence-corrected chi connectivity index (χ2v) is 5.37. The zero-order valence-electron chi connectivity index (χ0n) is 13.2. The third-order valence-corrected chi connectivity index (χ3v) is 2.89. The minimum atomic E-state index is -5.06. The second-order valence-electron chi connectivity index (χ2n) is 5.37. The summed E-state index contributed by atoms with van der Waals surface area (Å²) in [6.07, 6.45) is -4.35. The zero-order valence-corrected chi connectivity index (χ0v) is 13.2. The SMILES string of the molecule is CC1(C)OC(=O)C(=CNc2cc([N+](=O)[O-])ccc2OC(F)(F)F)C(=O)O1. The third kappa shape index (κ3) is 4.62. The summed E-state index contributed by atoms with van der Waals surface area (Å²) in [4.78, 5) is 33.5. The van der Waals surface area contributed by atoms with Crippen LogP contribution in [0.3, 0.4) is 0 Å². The Morgan fingerprint density at radius 3 is 2.31 bits per heavy atom. The van der Waals surface area contributed by atoms with Gasteiger partial charge < -0.3 is 19.5 Å². The molecule has 12 heteroatoms. The van der Waals surface area contributed by atoms with Crippen molar-refractivity contribution in [3.8, 4) is 5.75 Å². The second kappa shape index (κ2) is 6.54. The van der Waals surface area contributed by atoms with Gasteiger partial charge in [0, 0.05) is 32.2 Å². The molecule has 26 heavy (non-hydrogen) atoms. The molecule has 0 amide bonds. The molecule has 0 aliphatic carbocycles. The van der Waals surface area contributed by atoms with E-state index in [0.717, 1.165) is 12.1 Å². The van der Waals surface area contributed by atoms with Crippen LogP contribution in [0.25, 0.3) is 0 Å². The van der Waals surface area contributed by atoms with Crippen LogP contribution in [0.2, 0.25) is 0 Å². The van der Waals surface area contributed by atoms with Crippen molar-refractivity contribution in [2.75, 3.05) is 5.32 Å². The van der Waals surface area contributed by atoms with Crippen LogP contribution >= 0.6 is 0 Å². The normalized spacial score (nSPS) is 16.4. The van der Waals surface area contributed by atoms with Crippen molar-refractivity contribution in [3.63, 3.8) is 0 Å². The van der Waals surface area contributed by atoms with Gasteiger partial charge in [-0.15, -0.1) is 13.2 Å². The smallest absolute Gasteiger partial charge is 0.419 e. The molecule has 2 rings (SSSR count). The number of rotatable bonds is 4. The van der Waals surface area contributed by atoms with Crippen LogP contribution < -0.4 is 10.1 Å². The molecule has 140 valence electrons. The molecule has 1 aromatic carbocycles. The Hall–Kier alpha value is -3.31. The average molecular weight is 376 g/mol. The summed E-state index contributed by atoms with van der Waals surface area (Å²) in [5.74, 6) is -4.47. The van der Waals surface area contributed by atoms with Gasteiger partial charge in [0.2, 0.25) is 0 Å². The number of carbonyl (C=O) groups is 2. The van der Waals surface area contributed by atoms with Gasteiger partial charge in [-0.1, -0.05) is 0 Å². The van der Waals surface area contributed by atoms with Gasteiger partial charge in [-0.2, -0.15) is 0 Å². The summed E-state index contributed by atoms with van der Waals surface area (Å²) in [7, 11) is 0. The van der Waals surface area contributed by atoms with E-state index in [4.69, 9.17) is 9.47 Å². The van der Waals surface area contributed by atoms with E-state index in [9.17, 15) is 32.9 Å². The fourth-order valence-electron chi connectivity index (χ4n) is 1.89. The molecule has 1 aliphatic rings. The molecule has 0 bridgehead atoms. The average Bonchev–Trinajstić information content (AvgIpc) is 2.44. The molecule has 0 unspecified atom stereocenters. The zero-order chi connectivity index (χ0) is 19.7. The van der Waals surface area contributed by atoms with E-state index in [-0.39, 0.29) is 0 Å². The van der Waals surface area contributed by atoms with Crippen molar-refractivity contribution in [1.29, 1.82) is 0 Å². The van der Waals surface area contributed by atoms with Crippen LogP contribution in [0.15, 0.2) is 30.0 Å². The highest BCUT2D eigenvalue weighted by Gasteiger charge is 2.39. The first-order valence-electron chi connectivity index (χ1n) is 6.85. The van der Waals surface area contributed by atoms with Crippen LogP contribution in [0.1, 0.15) is 13.8 Å². The maximum atomic E-state index is 12.4. The Balaban J connectivity index is 2.35. The molecule has 0 radical (unpaired) electrons. The molecule has 9 nitrogen and oxygen atoms in total. The number of hydrogen-bond acceptors (Lipinski definition) is 8. The Bertz CT molecular complexity index is 780. The van der Waals surface area contributed by atoms with Gasteiger partial charge in [0.1, 0.15) is 0 Å². The fraction of sp³-hybridized carbons (Fsp3) is 0.286. The van der Waals surface area contributed by atoms with E-state index in [2.05, 4.69) is 10.1 Å². The number of nitro groups is 1. The minimum Gasteiger partial charge on any atom is -0.419 e. The van der Waals surface area contributed by atoms with Crippen LogP contribution in [-0.2, 0) is 19.1 Å². The minimum absolute atomic E-state index is 0.505. The van der Waals surface area contributed by atoms with Gasteiger partial charge in [-0.05, 0) is 6.07 Å². The molecule has 1 fully saturated rings. The number of esters is 2. The lowest BCUT2D eigenvalue weighted by Crippen LogP contribution is -2.42. The number of hydrogen-bond donors (Lipinski definition) is 1. The number of ether oxygens (including phenoxy) is 3. The lowest BCUT2D eigenvalue weighted by atomic mass is 10.2. The Morgan fingerprint density at radius 1 is 1.23 bits per heavy atom. The van der Waals surface area contributed by atoms with Crippen LogP contribution in [0, 0.1) is 10.1 Å². The number of nitrogens with one attached hydrogen (secondary N) is 1. The topological polar surface area (TPSA) is 117 Å². The van der Waals surface area contributed by atoms with Gasteiger partial charge in [-0.25, -0.2) is 9.59 Å². The van der Waals surface area contributed by atoms with E-state index in [1.54, 1.807) is 0 Å². The highest BCUT2D eigenvalue weighted by Crippen LogP contribution is 2.34. The monoisotopic (exact) mass is 376 g/mol. The van der Waals surface area contributed by atoms with Crippen LogP contribution in [0.4, 0.5) is 24.5 Å². The molecule has 1 aliphatic heterocycles. The largest absolute Gasteiger partial charge is 0.573 e. The predicted molar refractivity (Wildman–Crippen MR) is 77.7 cm³/mol. The number of anilines is 1. The predicted octanol–water partition coefficient (Wildman–Crippen LogP) is 2.63. The summed E-state index contributed by atoms with van der Waals surface area (Å²) in [5.41, 5.74) is -1.70. The Morgan fingerprint density at radius 2 is 1.81 bits per heavy atom. The molecular weight excluding hydrogens is 365 g/mol. The number of cyclic esters (lactones) is 2. The van der Waals surface area contributed by atoms with Gasteiger partial charge in [0.25, 0.3) is 11.5 Å². The first kappa shape index (κ1) is 19.0. The van der Waals surface area contributed by atoms with Crippen LogP contribution in [0.5, 0.6) is 5.75 Å². The maximum absolute atomic E-state index is 12.4. The third-order valence-electron chi connectivity index (χ3n) is 2.89. The summed E-state index contributed by atoms with van der Waals surface area (Å²) < 4.78 is 50.7. The van der Waals surface area contributed by atoms with E-state index in [1.165, 1.54) is 13.8 Å². The Labute approximate surface area is 143 Å². The number of carbonyl (C=O) groups excluding carboxylic acids is 2. The van der Waals surface area contributed by atoms with E-state index in [0.29, 0.717) is 12.3 Å². The van der Waals surface area contributed by atoms with Crippen LogP contribution in [-0.4, -0.2) is 29.0 Å². The van der Waals surface area contributed by atoms with E-state index >= 15 is 0 Å². The number of nitrogens with zero attached hydrogens (tertiary/aromatic N) is 1. The Kier molecular flexibility index (Phi) is 4.78. The molecule has 1 saturated heterocycles. The molecule has 1 N–H and O–H groups in total. The molecule has 0 atom stereocenters. The summed E-state index contributed by atoms with van der Waals surface area (Å²) in [6, 6.07) is 2.25. The maximum Gasteiger partial charge on any atom is 0.573 e. The van der Waals surface area contributed by atoms with Crippen molar-refractivity contribution < 1.29 is 41.9 Å². The highest BCUT2D eigenvalue weighted by molar-refractivity contribution is 6.15. The summed E-state index contributed by atoms with van der Waals surface area (Å²) >= 11 is 0. The summed E-state index contributed by atoms with van der Waals surface area (Å²) in [6.45, 7) is 2.62. The van der Waals surface area contributed by atoms with Crippen molar-refractivity contribution in [3.05, 3.63) is 40.1 Å². The lowest BCUT2D eigenvalue weighted by molar-refractivity contribution is -0.384. The van der Waals surface area contributed by atoms with Gasteiger partial charge in [0.15, 0.2) is 11.3 Å². The van der Waals surface area contributed by atoms with Crippen molar-refractivity contribution in [2.45, 2.75) is 26.0 Å². The number of alkyl halides is 3. The molecular formula is C14H11F3N2O7. The van der Waals surface area contributed by atoms with E-state index in [1.807, 2.05) is 0 Å². The number of halogens is 3. The van der Waals surface area contributed by atoms with Crippen molar-refractivity contribution in [1.82, 2.24) is 0 Å². The highest BCUT2D eigenvalue weighted by atomic mass is 19.4. The fourth-order valence-corrected chi connectivity index (χ4v) is 1.89. The number of non-ortho nitro benzene ring substituents is 1. The standard InChI is InChI=1S/C14H11F3N2O7/c1-13(2)25-11(20)8(12(21)26-13)6-18-9-5-7(19(22)23)3-4-10(9)24-14(15,16)17/h3-6,18H,1-2H3. The van der Waals surface area contributed by atoms with E-state index < -0.39 is 51.7 Å². The van der Waals surface area contributed by atoms with Gasteiger partial charge >= 0.3 is 18.3 Å². The molecule has 1 aromatic rings. The quantitative estimate of drug-likeness (QED) is 0.280. The first-order valence-corrected chi connectivity index (χ1v) is 6.85. The molecule has 0 spiro atoms. The van der Waals surface area contributed by atoms with Gasteiger partial charge in [0.05, 0.1) is 10.6 Å². The lowest BCUT2D eigenvalue weighted by Gasteiger charge is -2.29. The molecule has 0 aromatic heterocycles. The van der Waals surface area contributed by atoms with Crippen molar-refractivity contribution in [2.24, 2.45) is 0 Å². The molecule has 1 heterocycles. The number of benzene rings is 1. The first-order chi connectivity index (χ1) is 11.9. The molecule has 0 saturated carbocycles. The van der Waals surface area contributed by atoms with Crippen molar-refractivity contribution >= 4 is 23.3 Å². The summed E-state index contributed by atoms with van der Waals surface area (Å²) in [5, 5.41) is 13.0.